The zero-order valence-corrected chi connectivity index (χ0v) is 18.4. The fraction of sp³-hybridized carbons (Fsp3) is 0.364. The third kappa shape index (κ3) is 3.59. The van der Waals surface area contributed by atoms with E-state index in [0.29, 0.717) is 5.41 Å². The molecule has 0 aliphatic carbocycles. The molecule has 1 saturated heterocycles. The zero-order valence-electron chi connectivity index (χ0n) is 15.6. The number of aryl methyl sites for hydroxylation is 3. The fourth-order valence-corrected chi connectivity index (χ4v) is 3.47. The van der Waals surface area contributed by atoms with Crippen LogP contribution in [0.3, 0.4) is 0 Å². The van der Waals surface area contributed by atoms with Crippen molar-refractivity contribution in [2.45, 2.75) is 41.0 Å². The number of hydrogen-bond donors (Lipinski definition) is 0. The molecule has 0 amide bonds. The molecule has 0 bridgehead atoms. The molecule has 24 heavy (non-hydrogen) atoms. The largest absolute Gasteiger partial charge is 0.274 e. The Bertz CT molecular complexity index is 709. The van der Waals surface area contributed by atoms with Crippen molar-refractivity contribution in [1.82, 2.24) is 4.48 Å². The van der Waals surface area contributed by atoms with E-state index in [9.17, 15) is 0 Å². The van der Waals surface area contributed by atoms with E-state index >= 15 is 0 Å². The van der Waals surface area contributed by atoms with Gasteiger partial charge in [0, 0.05) is 38.4 Å². The molecule has 2 aliphatic heterocycles. The minimum atomic E-state index is 0. The molecule has 2 unspecified atom stereocenters. The van der Waals surface area contributed by atoms with E-state index in [-0.39, 0.29) is 32.7 Å². The van der Waals surface area contributed by atoms with Crippen LogP contribution >= 0.6 is 0 Å². The van der Waals surface area contributed by atoms with Gasteiger partial charge in [-0.3, -0.25) is 4.48 Å². The van der Waals surface area contributed by atoms with Crippen molar-refractivity contribution in [2.75, 3.05) is 6.54 Å². The summed E-state index contributed by atoms with van der Waals surface area (Å²) in [5.74, 6) is 0. The SMILES string of the molecule is CCC1(C)C[N+]2(c3c[c-]c(C)cc3)C=C12.Cc1ccc(C)cc1.[Y]. The summed E-state index contributed by atoms with van der Waals surface area (Å²) in [4.78, 5) is 0. The monoisotopic (exact) mass is 394 g/mol. The maximum absolute atomic E-state index is 3.30. The Balaban J connectivity index is 0.000000199. The van der Waals surface area contributed by atoms with Gasteiger partial charge in [0.2, 0.25) is 0 Å². The normalized spacial score (nSPS) is 26.0. The summed E-state index contributed by atoms with van der Waals surface area (Å²) in [5.41, 5.74) is 7.36. The van der Waals surface area contributed by atoms with E-state index < -0.39 is 0 Å². The topological polar surface area (TPSA) is 0 Å². The van der Waals surface area contributed by atoms with Gasteiger partial charge in [-0.15, -0.1) is 12.1 Å². The number of hydrogen-bond acceptors (Lipinski definition) is 0. The van der Waals surface area contributed by atoms with E-state index in [1.165, 1.54) is 35.3 Å². The van der Waals surface area contributed by atoms with Crippen LogP contribution in [0.5, 0.6) is 0 Å². The molecule has 0 N–H and O–H groups in total. The first-order valence-corrected chi connectivity index (χ1v) is 8.53. The molecule has 1 fully saturated rings. The molecule has 2 aliphatic rings. The van der Waals surface area contributed by atoms with E-state index in [0.717, 1.165) is 4.48 Å². The van der Waals surface area contributed by atoms with Crippen LogP contribution in [0.25, 0.3) is 0 Å². The predicted octanol–water partition coefficient (Wildman–Crippen LogP) is 5.69. The van der Waals surface area contributed by atoms with Crippen LogP contribution in [0.4, 0.5) is 5.69 Å². The van der Waals surface area contributed by atoms with E-state index in [1.807, 2.05) is 0 Å². The molecule has 1 nitrogen and oxygen atoms in total. The first-order chi connectivity index (χ1) is 10.9. The number of rotatable bonds is 2. The maximum atomic E-state index is 3.30. The van der Waals surface area contributed by atoms with E-state index in [2.05, 4.69) is 89.3 Å². The second-order valence-electron chi connectivity index (χ2n) is 7.34. The van der Waals surface area contributed by atoms with Crippen molar-refractivity contribution >= 4 is 5.69 Å². The summed E-state index contributed by atoms with van der Waals surface area (Å²) < 4.78 is 1.04. The summed E-state index contributed by atoms with van der Waals surface area (Å²) in [5, 5.41) is 0. The minimum Gasteiger partial charge on any atom is -0.274 e. The van der Waals surface area contributed by atoms with Crippen molar-refractivity contribution < 1.29 is 32.7 Å². The number of nitrogens with zero attached hydrogens (tertiary/aromatic N) is 1. The molecule has 2 aromatic rings. The van der Waals surface area contributed by atoms with Gasteiger partial charge in [0.15, 0.2) is 11.9 Å². The number of fused-ring (bicyclic) bond motifs is 1. The first-order valence-electron chi connectivity index (χ1n) is 8.53. The van der Waals surface area contributed by atoms with Crippen LogP contribution in [0.1, 0.15) is 37.0 Å². The number of quaternary nitrogens is 1. The maximum Gasteiger partial charge on any atom is 0.174 e. The van der Waals surface area contributed by atoms with Gasteiger partial charge in [-0.25, -0.2) is 0 Å². The summed E-state index contributed by atoms with van der Waals surface area (Å²) >= 11 is 0. The van der Waals surface area contributed by atoms with E-state index in [4.69, 9.17) is 0 Å². The number of benzene rings is 2. The molecule has 123 valence electrons. The predicted molar refractivity (Wildman–Crippen MR) is 99.1 cm³/mol. The smallest absolute Gasteiger partial charge is 0.174 e. The Labute approximate surface area is 172 Å². The van der Waals surface area contributed by atoms with Gasteiger partial charge in [-0.2, -0.15) is 17.7 Å². The average Bonchev–Trinajstić information content (AvgIpc) is 3.19. The van der Waals surface area contributed by atoms with Crippen molar-refractivity contribution in [3.63, 3.8) is 0 Å². The van der Waals surface area contributed by atoms with Crippen LogP contribution in [0.15, 0.2) is 54.4 Å². The van der Waals surface area contributed by atoms with Crippen molar-refractivity contribution in [3.05, 3.63) is 77.1 Å². The van der Waals surface area contributed by atoms with Crippen molar-refractivity contribution in [1.29, 1.82) is 0 Å². The summed E-state index contributed by atoms with van der Waals surface area (Å²) in [6.45, 7) is 12.2. The Morgan fingerprint density at radius 1 is 1.00 bits per heavy atom. The molecule has 2 aromatic carbocycles. The molecule has 0 aromatic heterocycles. The van der Waals surface area contributed by atoms with Gasteiger partial charge < -0.3 is 0 Å². The second kappa shape index (κ2) is 7.24. The standard InChI is InChI=1S/C14H17N.C8H10.Y/c1-4-14(3)10-15(9-13(14)15)12-7-5-11(2)6-8-12;1-7-3-5-8(2)6-4-7;/h5,7-9H,4,10H2,1-3H3;3-6H,1-2H3;. The Hall–Kier alpha value is -0.756. The Morgan fingerprint density at radius 2 is 1.58 bits per heavy atom. The fourth-order valence-electron chi connectivity index (χ4n) is 3.47. The summed E-state index contributed by atoms with van der Waals surface area (Å²) in [6, 6.07) is 18.3. The van der Waals surface area contributed by atoms with Gasteiger partial charge in [0.05, 0.1) is 12.0 Å². The van der Waals surface area contributed by atoms with Crippen LogP contribution in [-0.2, 0) is 32.7 Å². The first kappa shape index (κ1) is 19.6. The van der Waals surface area contributed by atoms with Crippen LogP contribution in [-0.4, -0.2) is 6.54 Å². The second-order valence-corrected chi connectivity index (χ2v) is 7.34. The third-order valence-corrected chi connectivity index (χ3v) is 5.33. The molecular formula is C22H27NY. The molecule has 1 radical (unpaired) electrons. The van der Waals surface area contributed by atoms with Gasteiger partial charge in [0.1, 0.15) is 0 Å². The summed E-state index contributed by atoms with van der Waals surface area (Å²) in [6.07, 6.45) is 3.66. The van der Waals surface area contributed by atoms with Crippen LogP contribution < -0.4 is 4.48 Å². The summed E-state index contributed by atoms with van der Waals surface area (Å²) in [7, 11) is 0. The van der Waals surface area contributed by atoms with Crippen LogP contribution in [0.2, 0.25) is 0 Å². The van der Waals surface area contributed by atoms with Crippen molar-refractivity contribution in [3.8, 4) is 0 Å². The average molecular weight is 394 g/mol. The molecule has 2 heteroatoms. The van der Waals surface area contributed by atoms with Gasteiger partial charge in [-0.05, 0) is 27.2 Å². The van der Waals surface area contributed by atoms with E-state index in [1.54, 1.807) is 5.70 Å². The van der Waals surface area contributed by atoms with Gasteiger partial charge >= 0.3 is 0 Å². The van der Waals surface area contributed by atoms with Gasteiger partial charge in [0.25, 0.3) is 0 Å². The molecule has 4 rings (SSSR count). The molecule has 2 heterocycles. The van der Waals surface area contributed by atoms with Crippen LogP contribution in [0, 0.1) is 32.3 Å². The zero-order chi connectivity index (χ0) is 16.7. The Kier molecular flexibility index (Phi) is 5.90. The van der Waals surface area contributed by atoms with Gasteiger partial charge in [-0.1, -0.05) is 49.2 Å². The molecule has 2 atom stereocenters. The minimum absolute atomic E-state index is 0. The molecule has 0 saturated carbocycles. The Morgan fingerprint density at radius 3 is 2.00 bits per heavy atom. The van der Waals surface area contributed by atoms with Crippen molar-refractivity contribution in [2.24, 2.45) is 5.41 Å². The molecule has 0 spiro atoms. The molecular weight excluding hydrogens is 367 g/mol. The quantitative estimate of drug-likeness (QED) is 0.454. The third-order valence-electron chi connectivity index (χ3n) is 5.33.